The minimum Gasteiger partial charge on any atom is -0.460 e. The van der Waals surface area contributed by atoms with Gasteiger partial charge in [-0.25, -0.2) is 0 Å². The summed E-state index contributed by atoms with van der Waals surface area (Å²) in [4.78, 5) is 12.6. The summed E-state index contributed by atoms with van der Waals surface area (Å²) in [6.45, 7) is 10.7. The number of esters is 1. The zero-order valence-electron chi connectivity index (χ0n) is 16.7. The molecule has 0 unspecified atom stereocenters. The number of aliphatic hydroxyl groups is 1. The normalized spacial score (nSPS) is 12.0. The zero-order chi connectivity index (χ0) is 19.8. The van der Waals surface area contributed by atoms with Crippen LogP contribution in [0.4, 0.5) is 0 Å². The Hall–Kier alpha value is -2.17. The Morgan fingerprint density at radius 1 is 0.889 bits per heavy atom. The van der Waals surface area contributed by atoms with Crippen LogP contribution in [-0.2, 0) is 15.1 Å². The highest BCUT2D eigenvalue weighted by atomic mass is 16.5. The topological polar surface area (TPSA) is 46.5 Å². The minimum atomic E-state index is -1.40. The molecule has 0 radical (unpaired) electrons. The fraction of sp³-hybridized carbons (Fsp3) is 0.435. The van der Waals surface area contributed by atoms with E-state index in [1.807, 2.05) is 60.7 Å². The molecule has 0 bridgehead atoms. The summed E-state index contributed by atoms with van der Waals surface area (Å²) in [5.74, 6) is -0.383. The van der Waals surface area contributed by atoms with E-state index in [-0.39, 0.29) is 12.4 Å². The predicted octanol–water partition coefficient (Wildman–Crippen LogP) is 3.73. The van der Waals surface area contributed by atoms with Gasteiger partial charge in [-0.15, -0.1) is 0 Å². The van der Waals surface area contributed by atoms with E-state index >= 15 is 0 Å². The Morgan fingerprint density at radius 2 is 1.33 bits per heavy atom. The average molecular weight is 371 g/mol. The molecule has 0 spiro atoms. The maximum atomic E-state index is 12.6. The Labute approximate surface area is 163 Å². The van der Waals surface area contributed by atoms with Crippen molar-refractivity contribution in [2.24, 2.45) is 0 Å². The second-order valence-corrected chi connectivity index (χ2v) is 7.00. The van der Waals surface area contributed by atoms with Crippen LogP contribution in [0, 0.1) is 0 Å². The Kier molecular flexibility index (Phi) is 7.57. The molecule has 0 aliphatic heterocycles. The number of ether oxygens (including phenoxy) is 1. The number of carbonyl (C=O) groups excluding carboxylic acids is 1. The van der Waals surface area contributed by atoms with Crippen LogP contribution in [0.5, 0.6) is 0 Å². The van der Waals surface area contributed by atoms with Gasteiger partial charge in [-0.3, -0.25) is 4.79 Å². The van der Waals surface area contributed by atoms with Crippen molar-refractivity contribution in [1.29, 1.82) is 0 Å². The van der Waals surface area contributed by atoms with Gasteiger partial charge in [-0.1, -0.05) is 60.7 Å². The van der Waals surface area contributed by atoms with Crippen molar-refractivity contribution >= 4 is 5.97 Å². The smallest absolute Gasteiger partial charge is 0.309 e. The molecular formula is C23H32NO3+. The van der Waals surface area contributed by atoms with Crippen LogP contribution in [0.2, 0.25) is 0 Å². The molecular weight excluding hydrogens is 338 g/mol. The second kappa shape index (κ2) is 9.67. The van der Waals surface area contributed by atoms with Gasteiger partial charge >= 0.3 is 5.97 Å². The summed E-state index contributed by atoms with van der Waals surface area (Å²) in [5, 5.41) is 11.4. The molecule has 0 saturated carbocycles. The molecule has 2 aromatic carbocycles. The molecule has 0 heterocycles. The largest absolute Gasteiger partial charge is 0.460 e. The van der Waals surface area contributed by atoms with Gasteiger partial charge in [0.1, 0.15) is 18.8 Å². The lowest BCUT2D eigenvalue weighted by Crippen LogP contribution is -2.49. The van der Waals surface area contributed by atoms with Gasteiger partial charge in [0, 0.05) is 0 Å². The van der Waals surface area contributed by atoms with Crippen molar-refractivity contribution in [2.45, 2.75) is 32.8 Å². The molecule has 0 atom stereocenters. The van der Waals surface area contributed by atoms with Crippen LogP contribution in [0.1, 0.15) is 38.3 Å². The number of nitrogens with zero attached hydrogens (tertiary/aromatic N) is 1. The van der Waals surface area contributed by atoms with E-state index in [0.29, 0.717) is 17.7 Å². The summed E-state index contributed by atoms with van der Waals surface area (Å²) >= 11 is 0. The summed E-state index contributed by atoms with van der Waals surface area (Å²) in [6.07, 6.45) is -0.106. The monoisotopic (exact) mass is 370 g/mol. The molecule has 27 heavy (non-hydrogen) atoms. The average Bonchev–Trinajstić information content (AvgIpc) is 2.73. The van der Waals surface area contributed by atoms with Gasteiger partial charge in [0.2, 0.25) is 0 Å². The van der Waals surface area contributed by atoms with Gasteiger partial charge in [0.15, 0.2) is 0 Å². The fourth-order valence-corrected chi connectivity index (χ4v) is 3.56. The summed E-state index contributed by atoms with van der Waals surface area (Å²) in [7, 11) is 0. The SMILES string of the molecule is CC[N+](CC)(CC)CCOC(=O)CC(O)(c1ccccc1)c1ccccc1. The molecule has 0 fully saturated rings. The highest BCUT2D eigenvalue weighted by Crippen LogP contribution is 2.33. The zero-order valence-corrected chi connectivity index (χ0v) is 16.7. The molecule has 2 aromatic rings. The molecule has 4 heteroatoms. The highest BCUT2D eigenvalue weighted by Gasteiger charge is 2.35. The molecule has 0 amide bonds. The van der Waals surface area contributed by atoms with E-state index < -0.39 is 5.60 Å². The molecule has 2 rings (SSSR count). The molecule has 4 nitrogen and oxygen atoms in total. The van der Waals surface area contributed by atoms with Crippen molar-refractivity contribution in [3.8, 4) is 0 Å². The fourth-order valence-electron chi connectivity index (χ4n) is 3.56. The van der Waals surface area contributed by atoms with E-state index in [1.165, 1.54) is 0 Å². The summed E-state index contributed by atoms with van der Waals surface area (Å²) in [6, 6.07) is 18.6. The lowest BCUT2D eigenvalue weighted by molar-refractivity contribution is -0.923. The van der Waals surface area contributed by atoms with Crippen molar-refractivity contribution in [3.63, 3.8) is 0 Å². The van der Waals surface area contributed by atoms with Crippen molar-refractivity contribution in [1.82, 2.24) is 0 Å². The maximum Gasteiger partial charge on any atom is 0.309 e. The Balaban J connectivity index is 2.11. The van der Waals surface area contributed by atoms with Crippen molar-refractivity contribution < 1.29 is 19.1 Å². The van der Waals surface area contributed by atoms with E-state index in [1.54, 1.807) is 0 Å². The number of rotatable bonds is 10. The number of benzene rings is 2. The molecule has 0 aliphatic carbocycles. The van der Waals surface area contributed by atoms with Crippen molar-refractivity contribution in [3.05, 3.63) is 71.8 Å². The summed E-state index contributed by atoms with van der Waals surface area (Å²) in [5.41, 5.74) is -0.0193. The number of likely N-dealkylation sites (N-methyl/N-ethyl adjacent to an activating group) is 1. The van der Waals surface area contributed by atoms with Gasteiger partial charge in [0.25, 0.3) is 0 Å². The van der Waals surface area contributed by atoms with Gasteiger partial charge in [0.05, 0.1) is 26.1 Å². The number of hydrogen-bond donors (Lipinski definition) is 1. The van der Waals surface area contributed by atoms with Crippen LogP contribution in [0.15, 0.2) is 60.7 Å². The third kappa shape index (κ3) is 5.18. The third-order valence-electron chi connectivity index (χ3n) is 5.74. The van der Waals surface area contributed by atoms with E-state index in [2.05, 4.69) is 20.8 Å². The lowest BCUT2D eigenvalue weighted by atomic mass is 9.83. The number of hydrogen-bond acceptors (Lipinski definition) is 3. The quantitative estimate of drug-likeness (QED) is 0.512. The predicted molar refractivity (Wildman–Crippen MR) is 108 cm³/mol. The Bertz CT molecular complexity index is 648. The van der Waals surface area contributed by atoms with Gasteiger partial charge in [-0.05, 0) is 31.9 Å². The van der Waals surface area contributed by atoms with Crippen LogP contribution >= 0.6 is 0 Å². The van der Waals surface area contributed by atoms with Gasteiger partial charge in [-0.2, -0.15) is 0 Å². The molecule has 146 valence electrons. The summed E-state index contributed by atoms with van der Waals surface area (Å²) < 4.78 is 6.45. The van der Waals surface area contributed by atoms with Crippen LogP contribution < -0.4 is 0 Å². The molecule has 0 aliphatic rings. The first-order valence-corrected chi connectivity index (χ1v) is 9.84. The molecule has 1 N–H and O–H groups in total. The maximum absolute atomic E-state index is 12.6. The van der Waals surface area contributed by atoms with E-state index in [9.17, 15) is 9.90 Å². The van der Waals surface area contributed by atoms with E-state index in [4.69, 9.17) is 4.74 Å². The first-order valence-electron chi connectivity index (χ1n) is 9.84. The first-order chi connectivity index (χ1) is 13.0. The highest BCUT2D eigenvalue weighted by molar-refractivity contribution is 5.72. The van der Waals surface area contributed by atoms with E-state index in [0.717, 1.165) is 30.7 Å². The van der Waals surface area contributed by atoms with Crippen LogP contribution in [0.3, 0.4) is 0 Å². The van der Waals surface area contributed by atoms with Gasteiger partial charge < -0.3 is 14.3 Å². The standard InChI is InChI=1S/C23H32NO3/c1-4-24(5-2,6-3)17-18-27-22(25)19-23(26,20-13-9-7-10-14-20)21-15-11-8-12-16-21/h7-16,26H,4-6,17-19H2,1-3H3/q+1. The number of carbonyl (C=O) groups is 1. The minimum absolute atomic E-state index is 0.106. The lowest BCUT2D eigenvalue weighted by Gasteiger charge is -2.35. The number of quaternary nitrogens is 1. The molecule has 0 aromatic heterocycles. The second-order valence-electron chi connectivity index (χ2n) is 7.00. The first kappa shape index (κ1) is 21.1. The Morgan fingerprint density at radius 3 is 1.74 bits per heavy atom. The molecule has 0 saturated heterocycles. The van der Waals surface area contributed by atoms with Crippen molar-refractivity contribution in [2.75, 3.05) is 32.8 Å². The van der Waals surface area contributed by atoms with Crippen LogP contribution in [-0.4, -0.2) is 48.3 Å². The van der Waals surface area contributed by atoms with Crippen LogP contribution in [0.25, 0.3) is 0 Å². The third-order valence-corrected chi connectivity index (χ3v) is 5.74.